The lowest BCUT2D eigenvalue weighted by Gasteiger charge is -2.24. The van der Waals surface area contributed by atoms with Crippen LogP contribution in [0.4, 0.5) is 0 Å². The van der Waals surface area contributed by atoms with Gasteiger partial charge in [0.25, 0.3) is 0 Å². The summed E-state index contributed by atoms with van der Waals surface area (Å²) >= 11 is 0. The molecule has 0 bridgehead atoms. The predicted molar refractivity (Wildman–Crippen MR) is 140 cm³/mol. The van der Waals surface area contributed by atoms with Crippen LogP contribution in [-0.4, -0.2) is 0 Å². The van der Waals surface area contributed by atoms with Crippen molar-refractivity contribution in [1.29, 1.82) is 0 Å². The van der Waals surface area contributed by atoms with E-state index in [1.807, 2.05) is 12.1 Å². The van der Waals surface area contributed by atoms with Gasteiger partial charge in [0, 0.05) is 0 Å². The molecule has 0 aromatic heterocycles. The fourth-order valence-corrected chi connectivity index (χ4v) is 6.39. The van der Waals surface area contributed by atoms with Crippen molar-refractivity contribution in [3.63, 3.8) is 0 Å². The number of aryl methyl sites for hydroxylation is 4. The van der Waals surface area contributed by atoms with Crippen molar-refractivity contribution in [3.05, 3.63) is 119 Å². The molecule has 152 valence electrons. The van der Waals surface area contributed by atoms with E-state index in [4.69, 9.17) is 0 Å². The zero-order chi connectivity index (χ0) is 21.5. The Morgan fingerprint density at radius 1 is 0.433 bits per heavy atom. The maximum Gasteiger partial charge on any atom is -0.0122 e. The molecule has 0 nitrogen and oxygen atoms in total. The van der Waals surface area contributed by atoms with Crippen LogP contribution < -0.4 is 21.2 Å². The molecule has 4 rings (SSSR count). The summed E-state index contributed by atoms with van der Waals surface area (Å²) < 4.78 is 0. The van der Waals surface area contributed by atoms with Crippen LogP contribution in [-0.2, 0) is 0 Å². The fraction of sp³-hybridized carbons (Fsp3) is 0.143. The molecule has 0 fully saturated rings. The third kappa shape index (κ3) is 5.46. The standard InChI is InChI=1S/C21H21P.C7H9P/c1-16-10-4-7-13-19(16)22(20-14-8-5-11-17(20)2)21-15-9-6-12-18(21)3;1-6-4-2-3-5-7(6)8/h4-15H,1-3H3;2-5H,8H2,1H3. The lowest BCUT2D eigenvalue weighted by molar-refractivity contribution is 1.49. The first-order valence-electron chi connectivity index (χ1n) is 10.3. The Morgan fingerprint density at radius 2 is 0.733 bits per heavy atom. The summed E-state index contributed by atoms with van der Waals surface area (Å²) in [7, 11) is 2.18. The molecule has 0 saturated heterocycles. The molecule has 0 amide bonds. The Bertz CT molecular complexity index is 985. The molecule has 1 unspecified atom stereocenters. The van der Waals surface area contributed by atoms with Crippen LogP contribution in [0.1, 0.15) is 22.3 Å². The second-order valence-electron chi connectivity index (χ2n) is 7.55. The molecule has 0 heterocycles. The maximum absolute atomic E-state index is 2.69. The van der Waals surface area contributed by atoms with Crippen LogP contribution in [0.3, 0.4) is 0 Å². The maximum atomic E-state index is 2.69. The Labute approximate surface area is 185 Å². The van der Waals surface area contributed by atoms with Gasteiger partial charge in [-0.15, -0.1) is 9.24 Å². The smallest absolute Gasteiger partial charge is 0.0122 e. The van der Waals surface area contributed by atoms with E-state index in [2.05, 4.69) is 122 Å². The molecule has 4 aromatic carbocycles. The molecule has 0 radical (unpaired) electrons. The average Bonchev–Trinajstić information content (AvgIpc) is 2.75. The molecule has 0 aliphatic heterocycles. The van der Waals surface area contributed by atoms with E-state index in [1.54, 1.807) is 0 Å². The van der Waals surface area contributed by atoms with Crippen molar-refractivity contribution >= 4 is 38.4 Å². The summed E-state index contributed by atoms with van der Waals surface area (Å²) in [5, 5.41) is 5.66. The SMILES string of the molecule is Cc1ccccc1P.Cc1ccccc1P(c1ccccc1C)c1ccccc1C. The van der Waals surface area contributed by atoms with Crippen molar-refractivity contribution in [2.45, 2.75) is 27.7 Å². The second-order valence-corrected chi connectivity index (χ2v) is 10.3. The summed E-state index contributed by atoms with van der Waals surface area (Å²) in [6.07, 6.45) is 0. The van der Waals surface area contributed by atoms with Gasteiger partial charge in [0.15, 0.2) is 0 Å². The first-order chi connectivity index (χ1) is 14.5. The summed E-state index contributed by atoms with van der Waals surface area (Å²) in [6, 6.07) is 34.7. The van der Waals surface area contributed by atoms with Crippen LogP contribution in [0, 0.1) is 27.7 Å². The van der Waals surface area contributed by atoms with Crippen LogP contribution in [0.15, 0.2) is 97.1 Å². The summed E-state index contributed by atoms with van der Waals surface area (Å²) in [4.78, 5) is 0. The van der Waals surface area contributed by atoms with Gasteiger partial charge in [-0.25, -0.2) is 0 Å². The topological polar surface area (TPSA) is 0 Å². The van der Waals surface area contributed by atoms with Gasteiger partial charge in [0.05, 0.1) is 0 Å². The normalized spacial score (nSPS) is 10.5. The number of hydrogen-bond donors (Lipinski definition) is 0. The van der Waals surface area contributed by atoms with Gasteiger partial charge < -0.3 is 0 Å². The second kappa shape index (κ2) is 10.7. The Morgan fingerprint density at radius 3 is 1.00 bits per heavy atom. The Kier molecular flexibility index (Phi) is 7.98. The zero-order valence-corrected chi connectivity index (χ0v) is 20.3. The minimum absolute atomic E-state index is 0.508. The van der Waals surface area contributed by atoms with Crippen LogP contribution in [0.25, 0.3) is 0 Å². The predicted octanol–water partition coefficient (Wildman–Crippen LogP) is 5.87. The van der Waals surface area contributed by atoms with E-state index in [0.717, 1.165) is 0 Å². The van der Waals surface area contributed by atoms with E-state index >= 15 is 0 Å². The first kappa shape index (κ1) is 22.4. The van der Waals surface area contributed by atoms with E-state index < -0.39 is 7.92 Å². The fourth-order valence-electron chi connectivity index (χ4n) is 3.42. The zero-order valence-electron chi connectivity index (χ0n) is 18.3. The molecule has 0 saturated carbocycles. The molecular formula is C28H30P2. The number of benzene rings is 4. The third-order valence-corrected chi connectivity index (χ3v) is 8.86. The monoisotopic (exact) mass is 428 g/mol. The highest BCUT2D eigenvalue weighted by Crippen LogP contribution is 2.36. The molecule has 1 atom stereocenters. The molecular weight excluding hydrogens is 398 g/mol. The number of hydrogen-bond acceptors (Lipinski definition) is 0. The summed E-state index contributed by atoms with van der Waals surface area (Å²) in [5.41, 5.74) is 5.46. The van der Waals surface area contributed by atoms with Crippen molar-refractivity contribution in [2.75, 3.05) is 0 Å². The van der Waals surface area contributed by atoms with Crippen molar-refractivity contribution in [1.82, 2.24) is 0 Å². The van der Waals surface area contributed by atoms with Gasteiger partial charge >= 0.3 is 0 Å². The van der Waals surface area contributed by atoms with Gasteiger partial charge in [-0.05, 0) is 79.1 Å². The highest BCUT2D eigenvalue weighted by Gasteiger charge is 2.20. The average molecular weight is 428 g/mol. The van der Waals surface area contributed by atoms with Crippen molar-refractivity contribution in [2.24, 2.45) is 0 Å². The van der Waals surface area contributed by atoms with E-state index in [1.165, 1.54) is 43.5 Å². The quantitative estimate of drug-likeness (QED) is 0.358. The lowest BCUT2D eigenvalue weighted by atomic mass is 10.2. The highest BCUT2D eigenvalue weighted by molar-refractivity contribution is 7.80. The largest absolute Gasteiger partial charge is 0.105 e. The van der Waals surface area contributed by atoms with Crippen molar-refractivity contribution in [3.8, 4) is 0 Å². The van der Waals surface area contributed by atoms with Gasteiger partial charge in [0.2, 0.25) is 0 Å². The third-order valence-electron chi connectivity index (χ3n) is 5.26. The summed E-state index contributed by atoms with van der Waals surface area (Å²) in [6.45, 7) is 8.77. The molecule has 4 aromatic rings. The van der Waals surface area contributed by atoms with Gasteiger partial charge in [-0.1, -0.05) is 97.1 Å². The lowest BCUT2D eigenvalue weighted by Crippen LogP contribution is -2.25. The Hall–Kier alpha value is -2.26. The highest BCUT2D eigenvalue weighted by atomic mass is 31.1. The first-order valence-corrected chi connectivity index (χ1v) is 12.2. The molecule has 2 heteroatoms. The minimum atomic E-state index is -0.508. The molecule has 30 heavy (non-hydrogen) atoms. The minimum Gasteiger partial charge on any atom is -0.105 e. The van der Waals surface area contributed by atoms with Crippen LogP contribution in [0.5, 0.6) is 0 Å². The molecule has 0 spiro atoms. The Balaban J connectivity index is 0.000000269. The summed E-state index contributed by atoms with van der Waals surface area (Å²) in [5.74, 6) is 0. The molecule has 0 aliphatic carbocycles. The van der Waals surface area contributed by atoms with E-state index in [0.29, 0.717) is 0 Å². The van der Waals surface area contributed by atoms with E-state index in [-0.39, 0.29) is 0 Å². The van der Waals surface area contributed by atoms with E-state index in [9.17, 15) is 0 Å². The van der Waals surface area contributed by atoms with Gasteiger partial charge in [-0.3, -0.25) is 0 Å². The molecule has 0 aliphatic rings. The van der Waals surface area contributed by atoms with Crippen molar-refractivity contribution < 1.29 is 0 Å². The van der Waals surface area contributed by atoms with Crippen LogP contribution in [0.2, 0.25) is 0 Å². The van der Waals surface area contributed by atoms with Gasteiger partial charge in [-0.2, -0.15) is 0 Å². The van der Waals surface area contributed by atoms with Gasteiger partial charge in [0.1, 0.15) is 0 Å². The van der Waals surface area contributed by atoms with Crippen LogP contribution >= 0.6 is 17.2 Å². The molecule has 0 N–H and O–H groups in total. The number of rotatable bonds is 3.